The number of carbonyl (C=O) groups excluding carboxylic acids is 1. The molecule has 3 aromatic rings. The number of aryl methyl sites for hydroxylation is 1. The zero-order valence-corrected chi connectivity index (χ0v) is 25.2. The van der Waals surface area contributed by atoms with Crippen molar-refractivity contribution < 1.29 is 23.4 Å². The van der Waals surface area contributed by atoms with Crippen LogP contribution in [0.2, 0.25) is 18.1 Å². The summed E-state index contributed by atoms with van der Waals surface area (Å²) in [6.45, 7) is 14.0. The van der Waals surface area contributed by atoms with Gasteiger partial charge in [0.15, 0.2) is 0 Å². The number of esters is 1. The molecule has 206 valence electrons. The average molecular weight is 545 g/mol. The van der Waals surface area contributed by atoms with Crippen molar-refractivity contribution in [2.24, 2.45) is 0 Å². The molecule has 5 nitrogen and oxygen atoms in total. The van der Waals surface area contributed by atoms with Crippen molar-refractivity contribution in [2.45, 2.75) is 77.1 Å². The molecule has 5 rings (SSSR count). The van der Waals surface area contributed by atoms with Gasteiger partial charge in [-0.15, -0.1) is 0 Å². The summed E-state index contributed by atoms with van der Waals surface area (Å²) in [6, 6.07) is 19.0. The number of benzene rings is 3. The monoisotopic (exact) mass is 544 g/mol. The largest absolute Gasteiger partial charge is 0.543 e. The Kier molecular flexibility index (Phi) is 7.27. The van der Waals surface area contributed by atoms with Crippen LogP contribution in [0.25, 0.3) is 11.1 Å². The minimum Gasteiger partial charge on any atom is -0.543 e. The Morgan fingerprint density at radius 3 is 2.51 bits per heavy atom. The first-order valence-corrected chi connectivity index (χ1v) is 16.8. The van der Waals surface area contributed by atoms with Crippen molar-refractivity contribution in [3.8, 4) is 28.4 Å². The van der Waals surface area contributed by atoms with Gasteiger partial charge in [0.1, 0.15) is 23.4 Å². The van der Waals surface area contributed by atoms with Gasteiger partial charge in [0.05, 0.1) is 20.1 Å². The molecule has 1 aliphatic heterocycles. The topological polar surface area (TPSA) is 54.0 Å². The van der Waals surface area contributed by atoms with Crippen LogP contribution in [0.1, 0.15) is 67.9 Å². The molecule has 6 heteroatoms. The van der Waals surface area contributed by atoms with Crippen LogP contribution in [0.3, 0.4) is 0 Å². The van der Waals surface area contributed by atoms with E-state index in [9.17, 15) is 4.79 Å². The Balaban J connectivity index is 1.38. The lowest BCUT2D eigenvalue weighted by molar-refractivity contribution is -0.141. The fourth-order valence-corrected chi connectivity index (χ4v) is 6.36. The maximum Gasteiger partial charge on any atom is 0.306 e. The molecule has 0 spiro atoms. The highest BCUT2D eigenvalue weighted by Crippen LogP contribution is 2.44. The minimum atomic E-state index is -1.94. The van der Waals surface area contributed by atoms with Crippen molar-refractivity contribution in [3.63, 3.8) is 0 Å². The summed E-state index contributed by atoms with van der Waals surface area (Å²) in [6.07, 6.45) is 2.20. The third-order valence-corrected chi connectivity index (χ3v) is 13.0. The fraction of sp³-hybridized carbons (Fsp3) is 0.424. The van der Waals surface area contributed by atoms with E-state index in [1.165, 1.54) is 34.9 Å². The quantitative estimate of drug-likeness (QED) is 0.222. The summed E-state index contributed by atoms with van der Waals surface area (Å²) in [4.78, 5) is 11.8. The number of hydrogen-bond acceptors (Lipinski definition) is 5. The zero-order chi connectivity index (χ0) is 27.9. The lowest BCUT2D eigenvalue weighted by atomic mass is 9.93. The Morgan fingerprint density at radius 2 is 1.77 bits per heavy atom. The van der Waals surface area contributed by atoms with E-state index in [1.54, 1.807) is 0 Å². The Hall–Kier alpha value is -3.25. The molecule has 1 unspecified atom stereocenters. The lowest BCUT2D eigenvalue weighted by Gasteiger charge is -2.36. The van der Waals surface area contributed by atoms with Gasteiger partial charge in [-0.3, -0.25) is 4.79 Å². The second-order valence-electron chi connectivity index (χ2n) is 12.3. The molecule has 0 fully saturated rings. The molecule has 0 saturated heterocycles. The predicted molar refractivity (Wildman–Crippen MR) is 157 cm³/mol. The van der Waals surface area contributed by atoms with E-state index in [0.717, 1.165) is 35.7 Å². The van der Waals surface area contributed by atoms with Gasteiger partial charge in [-0.2, -0.15) is 0 Å². The standard InChI is InChI=1S/C33H40O5Si/c1-21-11-12-24(38-39(6,7)33(2,3)4)18-29(21)26-9-8-10-28-27(26)15-16-30(28)37-23-13-14-25-22(17-32(34)35-5)20-36-31(25)19-23/h8-14,18-19,22,30H,15-17,20H2,1-7H3/t22?,30-/m1/s1. The Labute approximate surface area is 233 Å². The first kappa shape index (κ1) is 27.3. The van der Waals surface area contributed by atoms with E-state index in [-0.39, 0.29) is 23.0 Å². The highest BCUT2D eigenvalue weighted by atomic mass is 28.4. The summed E-state index contributed by atoms with van der Waals surface area (Å²) in [5.41, 5.74) is 7.37. The molecule has 1 heterocycles. The number of methoxy groups -OCH3 is 1. The molecule has 1 aliphatic carbocycles. The Bertz CT molecular complexity index is 1390. The predicted octanol–water partition coefficient (Wildman–Crippen LogP) is 8.15. The van der Waals surface area contributed by atoms with Crippen LogP contribution in [-0.2, 0) is 16.0 Å². The molecule has 2 atom stereocenters. The van der Waals surface area contributed by atoms with Crippen LogP contribution < -0.4 is 13.9 Å². The van der Waals surface area contributed by atoms with Crippen molar-refractivity contribution >= 4 is 14.3 Å². The molecule has 2 aliphatic rings. The van der Waals surface area contributed by atoms with Crippen LogP contribution >= 0.6 is 0 Å². The van der Waals surface area contributed by atoms with E-state index in [0.29, 0.717) is 13.0 Å². The fourth-order valence-electron chi connectivity index (χ4n) is 5.34. The van der Waals surface area contributed by atoms with Crippen LogP contribution in [0.4, 0.5) is 0 Å². The smallest absolute Gasteiger partial charge is 0.306 e. The first-order valence-electron chi connectivity index (χ1n) is 13.9. The summed E-state index contributed by atoms with van der Waals surface area (Å²) in [7, 11) is -0.518. The number of rotatable bonds is 7. The SMILES string of the molecule is COC(=O)CC1COc2cc(O[C@@H]3CCc4c(-c5cc(O[Si](C)(C)C(C)(C)C)ccc5C)cccc43)ccc21. The van der Waals surface area contributed by atoms with Gasteiger partial charge in [0, 0.05) is 17.5 Å². The second kappa shape index (κ2) is 10.4. The van der Waals surface area contributed by atoms with Crippen LogP contribution in [0, 0.1) is 6.92 Å². The molecule has 0 N–H and O–H groups in total. The number of carbonyl (C=O) groups is 1. The number of ether oxygens (including phenoxy) is 3. The van der Waals surface area contributed by atoms with Gasteiger partial charge < -0.3 is 18.6 Å². The van der Waals surface area contributed by atoms with Gasteiger partial charge in [-0.1, -0.05) is 51.1 Å². The summed E-state index contributed by atoms with van der Waals surface area (Å²) in [5, 5.41) is 0.140. The van der Waals surface area contributed by atoms with Gasteiger partial charge in [-0.25, -0.2) is 0 Å². The van der Waals surface area contributed by atoms with Crippen LogP contribution in [-0.4, -0.2) is 28.0 Å². The van der Waals surface area contributed by atoms with Crippen molar-refractivity contribution in [3.05, 3.63) is 76.9 Å². The van der Waals surface area contributed by atoms with Crippen LogP contribution in [0.5, 0.6) is 17.2 Å². The highest BCUT2D eigenvalue weighted by Gasteiger charge is 2.39. The molecule has 39 heavy (non-hydrogen) atoms. The Morgan fingerprint density at radius 1 is 1.00 bits per heavy atom. The average Bonchev–Trinajstić information content (AvgIpc) is 3.48. The molecular weight excluding hydrogens is 504 g/mol. The minimum absolute atomic E-state index is 0.0164. The maximum atomic E-state index is 11.8. The van der Waals surface area contributed by atoms with Crippen LogP contribution in [0.15, 0.2) is 54.6 Å². The second-order valence-corrected chi connectivity index (χ2v) is 17.1. The third-order valence-electron chi connectivity index (χ3n) is 8.68. The summed E-state index contributed by atoms with van der Waals surface area (Å²) in [5.74, 6) is 2.34. The molecule has 0 saturated carbocycles. The van der Waals surface area contributed by atoms with E-state index in [4.69, 9.17) is 18.6 Å². The van der Waals surface area contributed by atoms with Crippen molar-refractivity contribution in [1.82, 2.24) is 0 Å². The van der Waals surface area contributed by atoms with Gasteiger partial charge in [-0.05, 0) is 83.9 Å². The number of fused-ring (bicyclic) bond motifs is 2. The van der Waals surface area contributed by atoms with Crippen molar-refractivity contribution in [2.75, 3.05) is 13.7 Å². The van der Waals surface area contributed by atoms with E-state index < -0.39 is 8.32 Å². The normalized spacial score (nSPS) is 18.2. The van der Waals surface area contributed by atoms with Gasteiger partial charge in [0.25, 0.3) is 0 Å². The summed E-state index contributed by atoms with van der Waals surface area (Å²) < 4.78 is 23.9. The third kappa shape index (κ3) is 5.44. The van der Waals surface area contributed by atoms with E-state index in [1.807, 2.05) is 18.2 Å². The number of hydrogen-bond donors (Lipinski definition) is 0. The molecular formula is C33H40O5Si. The van der Waals surface area contributed by atoms with Crippen molar-refractivity contribution in [1.29, 1.82) is 0 Å². The van der Waals surface area contributed by atoms with Gasteiger partial charge in [0.2, 0.25) is 8.32 Å². The maximum absolute atomic E-state index is 11.8. The molecule has 3 aromatic carbocycles. The molecule has 0 bridgehead atoms. The van der Waals surface area contributed by atoms with E-state index in [2.05, 4.69) is 77.2 Å². The first-order chi connectivity index (χ1) is 18.5. The van der Waals surface area contributed by atoms with E-state index >= 15 is 0 Å². The highest BCUT2D eigenvalue weighted by molar-refractivity contribution is 6.74. The summed E-state index contributed by atoms with van der Waals surface area (Å²) >= 11 is 0. The zero-order valence-electron chi connectivity index (χ0n) is 24.2. The molecule has 0 amide bonds. The lowest BCUT2D eigenvalue weighted by Crippen LogP contribution is -2.43. The molecule has 0 aromatic heterocycles. The van der Waals surface area contributed by atoms with Gasteiger partial charge >= 0.3 is 5.97 Å². The molecule has 0 radical (unpaired) electrons.